The number of aryl methyl sites for hydroxylation is 1. The maximum absolute atomic E-state index is 10.8. The zero-order valence-electron chi connectivity index (χ0n) is 8.10. The molecule has 2 rings (SSSR count). The van der Waals surface area contributed by atoms with Gasteiger partial charge in [0.15, 0.2) is 17.8 Å². The first-order valence-corrected chi connectivity index (χ1v) is 4.42. The Hall–Kier alpha value is -2.10. The van der Waals surface area contributed by atoms with Crippen molar-refractivity contribution in [3.05, 3.63) is 41.9 Å². The molecular weight excluding hydrogens is 194 g/mol. The van der Waals surface area contributed by atoms with Crippen LogP contribution in [0, 0.1) is 6.92 Å². The summed E-state index contributed by atoms with van der Waals surface area (Å²) in [6.45, 7) is 1.96. The zero-order valence-corrected chi connectivity index (χ0v) is 8.10. The summed E-state index contributed by atoms with van der Waals surface area (Å²) in [4.78, 5) is 14.4. The summed E-state index contributed by atoms with van der Waals surface area (Å²) in [5.41, 5.74) is 1.77. The highest BCUT2D eigenvalue weighted by Gasteiger charge is 2.16. The minimum Gasteiger partial charge on any atom is -0.476 e. The topological polar surface area (TPSA) is 63.3 Å². The van der Waals surface area contributed by atoms with Gasteiger partial charge in [0.1, 0.15) is 0 Å². The number of carbonyl (C=O) groups is 1. The monoisotopic (exact) mass is 203 g/mol. The smallest absolute Gasteiger partial charge is 0.358 e. The lowest BCUT2D eigenvalue weighted by Gasteiger charge is -1.98. The number of aromatic nitrogens is 1. The van der Waals surface area contributed by atoms with E-state index in [4.69, 9.17) is 9.52 Å². The molecule has 1 N–H and O–H groups in total. The number of aromatic carboxylic acids is 1. The van der Waals surface area contributed by atoms with Crippen LogP contribution in [-0.2, 0) is 0 Å². The second kappa shape index (κ2) is 3.57. The number of benzene rings is 1. The average Bonchev–Trinajstić information content (AvgIpc) is 2.67. The highest BCUT2D eigenvalue weighted by Crippen LogP contribution is 2.23. The molecule has 0 atom stereocenters. The van der Waals surface area contributed by atoms with Crippen LogP contribution < -0.4 is 0 Å². The summed E-state index contributed by atoms with van der Waals surface area (Å²) in [5.74, 6) is -0.790. The third-order valence-corrected chi connectivity index (χ3v) is 2.08. The van der Waals surface area contributed by atoms with Gasteiger partial charge >= 0.3 is 5.97 Å². The fourth-order valence-electron chi connectivity index (χ4n) is 1.31. The molecule has 1 heterocycles. The first-order chi connectivity index (χ1) is 7.18. The summed E-state index contributed by atoms with van der Waals surface area (Å²) in [7, 11) is 0. The van der Waals surface area contributed by atoms with Gasteiger partial charge in [0, 0.05) is 5.56 Å². The summed E-state index contributed by atoms with van der Waals surface area (Å²) < 4.78 is 5.06. The predicted octanol–water partition coefficient (Wildman–Crippen LogP) is 2.35. The van der Waals surface area contributed by atoms with Crippen molar-refractivity contribution in [1.29, 1.82) is 0 Å². The van der Waals surface area contributed by atoms with E-state index in [1.54, 1.807) is 0 Å². The van der Waals surface area contributed by atoms with Crippen molar-refractivity contribution in [2.24, 2.45) is 0 Å². The SMILES string of the molecule is Cc1ccc(-c2ocnc2C(=O)O)cc1. The van der Waals surface area contributed by atoms with Crippen molar-refractivity contribution in [3.63, 3.8) is 0 Å². The quantitative estimate of drug-likeness (QED) is 0.813. The minimum absolute atomic E-state index is 0.0566. The molecule has 4 nitrogen and oxygen atoms in total. The van der Waals surface area contributed by atoms with E-state index in [1.165, 1.54) is 0 Å². The Morgan fingerprint density at radius 3 is 2.60 bits per heavy atom. The van der Waals surface area contributed by atoms with Gasteiger partial charge in [-0.3, -0.25) is 0 Å². The maximum Gasteiger partial charge on any atom is 0.358 e. The van der Waals surface area contributed by atoms with Crippen LogP contribution in [0.4, 0.5) is 0 Å². The molecule has 0 aliphatic heterocycles. The van der Waals surface area contributed by atoms with Gasteiger partial charge in [-0.2, -0.15) is 0 Å². The molecule has 0 fully saturated rings. The number of oxazole rings is 1. The molecule has 1 aromatic carbocycles. The van der Waals surface area contributed by atoms with Crippen LogP contribution in [0.15, 0.2) is 35.1 Å². The predicted molar refractivity (Wildman–Crippen MR) is 53.6 cm³/mol. The van der Waals surface area contributed by atoms with Gasteiger partial charge in [0.2, 0.25) is 0 Å². The third kappa shape index (κ3) is 1.74. The summed E-state index contributed by atoms with van der Waals surface area (Å²) in [6, 6.07) is 7.40. The van der Waals surface area contributed by atoms with Crippen molar-refractivity contribution in [3.8, 4) is 11.3 Å². The molecule has 4 heteroatoms. The molecule has 0 radical (unpaired) electrons. The molecule has 0 saturated heterocycles. The van der Waals surface area contributed by atoms with Gasteiger partial charge in [0.05, 0.1) is 0 Å². The molecule has 0 bridgehead atoms. The van der Waals surface area contributed by atoms with Crippen LogP contribution in [0.2, 0.25) is 0 Å². The summed E-state index contributed by atoms with van der Waals surface area (Å²) in [6.07, 6.45) is 1.14. The van der Waals surface area contributed by atoms with Gasteiger partial charge in [-0.1, -0.05) is 29.8 Å². The molecule has 0 saturated carbocycles. The molecule has 0 spiro atoms. The first-order valence-electron chi connectivity index (χ1n) is 4.42. The van der Waals surface area contributed by atoms with Crippen LogP contribution in [0.5, 0.6) is 0 Å². The molecule has 0 aliphatic rings. The average molecular weight is 203 g/mol. The largest absolute Gasteiger partial charge is 0.476 e. The van der Waals surface area contributed by atoms with E-state index in [2.05, 4.69) is 4.98 Å². The number of nitrogens with zero attached hydrogens (tertiary/aromatic N) is 1. The summed E-state index contributed by atoms with van der Waals surface area (Å²) in [5, 5.41) is 8.85. The second-order valence-electron chi connectivity index (χ2n) is 3.20. The van der Waals surface area contributed by atoms with E-state index in [9.17, 15) is 4.79 Å². The number of rotatable bonds is 2. The number of hydrogen-bond donors (Lipinski definition) is 1. The Bertz CT molecular complexity index is 485. The molecule has 2 aromatic rings. The van der Waals surface area contributed by atoms with Crippen LogP contribution >= 0.6 is 0 Å². The van der Waals surface area contributed by atoms with Crippen LogP contribution in [0.25, 0.3) is 11.3 Å². The lowest BCUT2D eigenvalue weighted by atomic mass is 10.1. The van der Waals surface area contributed by atoms with E-state index in [-0.39, 0.29) is 5.69 Å². The van der Waals surface area contributed by atoms with Crippen molar-refractivity contribution in [2.75, 3.05) is 0 Å². The number of carboxylic acids is 1. The Balaban J connectivity index is 2.49. The Labute approximate surface area is 86.2 Å². The molecule has 15 heavy (non-hydrogen) atoms. The number of hydrogen-bond acceptors (Lipinski definition) is 3. The van der Waals surface area contributed by atoms with E-state index in [0.717, 1.165) is 17.5 Å². The van der Waals surface area contributed by atoms with Gasteiger partial charge < -0.3 is 9.52 Å². The van der Waals surface area contributed by atoms with E-state index in [0.29, 0.717) is 5.76 Å². The highest BCUT2D eigenvalue weighted by molar-refractivity contribution is 5.92. The molecule has 0 amide bonds. The fraction of sp³-hybridized carbons (Fsp3) is 0.0909. The van der Waals surface area contributed by atoms with Crippen molar-refractivity contribution in [1.82, 2.24) is 4.98 Å². The zero-order chi connectivity index (χ0) is 10.8. The molecule has 0 aliphatic carbocycles. The van der Waals surface area contributed by atoms with Crippen LogP contribution in [0.3, 0.4) is 0 Å². The fourth-order valence-corrected chi connectivity index (χ4v) is 1.31. The first kappa shape index (κ1) is 9.45. The lowest BCUT2D eigenvalue weighted by molar-refractivity contribution is 0.0691. The van der Waals surface area contributed by atoms with Gasteiger partial charge in [-0.05, 0) is 6.92 Å². The van der Waals surface area contributed by atoms with Gasteiger partial charge in [0.25, 0.3) is 0 Å². The standard InChI is InChI=1S/C11H9NO3/c1-7-2-4-8(5-3-7)10-9(11(13)14)12-6-15-10/h2-6H,1H3,(H,13,14). The Morgan fingerprint density at radius 2 is 2.00 bits per heavy atom. The van der Waals surface area contributed by atoms with Crippen molar-refractivity contribution in [2.45, 2.75) is 6.92 Å². The van der Waals surface area contributed by atoms with E-state index in [1.807, 2.05) is 31.2 Å². The van der Waals surface area contributed by atoms with Gasteiger partial charge in [-0.15, -0.1) is 0 Å². The van der Waals surface area contributed by atoms with Crippen LogP contribution in [-0.4, -0.2) is 16.1 Å². The molecule has 1 aromatic heterocycles. The van der Waals surface area contributed by atoms with Crippen molar-refractivity contribution >= 4 is 5.97 Å². The minimum atomic E-state index is -1.08. The Morgan fingerprint density at radius 1 is 1.33 bits per heavy atom. The normalized spacial score (nSPS) is 10.2. The Kier molecular flexibility index (Phi) is 2.25. The summed E-state index contributed by atoms with van der Waals surface area (Å²) >= 11 is 0. The maximum atomic E-state index is 10.8. The number of carboxylic acid groups (broad SMARTS) is 1. The van der Waals surface area contributed by atoms with E-state index >= 15 is 0 Å². The molecular formula is C11H9NO3. The lowest BCUT2D eigenvalue weighted by Crippen LogP contribution is -1.98. The van der Waals surface area contributed by atoms with E-state index < -0.39 is 5.97 Å². The van der Waals surface area contributed by atoms with Gasteiger partial charge in [-0.25, -0.2) is 9.78 Å². The molecule has 76 valence electrons. The molecule has 0 unspecified atom stereocenters. The second-order valence-corrected chi connectivity index (χ2v) is 3.20. The third-order valence-electron chi connectivity index (χ3n) is 2.08. The van der Waals surface area contributed by atoms with Crippen molar-refractivity contribution < 1.29 is 14.3 Å². The van der Waals surface area contributed by atoms with Crippen LogP contribution in [0.1, 0.15) is 16.1 Å². The highest BCUT2D eigenvalue weighted by atomic mass is 16.4.